The molecule has 1 saturated heterocycles. The number of hydrogen-bond donors (Lipinski definition) is 2. The highest BCUT2D eigenvalue weighted by Gasteiger charge is 2.44. The average Bonchev–Trinajstić information content (AvgIpc) is 3.27. The number of rotatable bonds is 5. The average molecular weight is 450 g/mol. The van der Waals surface area contributed by atoms with E-state index in [2.05, 4.69) is 34.7 Å². The molecule has 1 saturated carbocycles. The molecule has 1 heterocycles. The van der Waals surface area contributed by atoms with Gasteiger partial charge in [-0.25, -0.2) is 0 Å². The minimum atomic E-state index is 0. The molecular weight excluding hydrogens is 425 g/mol. The molecule has 0 radical (unpaired) electrons. The third-order valence-corrected chi connectivity index (χ3v) is 4.93. The number of hydrogen-bond acceptors (Lipinski definition) is 2. The Balaban J connectivity index is 0.00000192. The molecule has 0 bridgehead atoms. The Morgan fingerprint density at radius 2 is 1.96 bits per heavy atom. The highest BCUT2D eigenvalue weighted by Crippen LogP contribution is 2.48. The Kier molecular flexibility index (Phi) is 6.19. The lowest BCUT2D eigenvalue weighted by Gasteiger charge is -2.38. The first-order chi connectivity index (χ1) is 10.6. The number of benzene rings is 1. The summed E-state index contributed by atoms with van der Waals surface area (Å²) < 4.78 is 5.28. The zero-order valence-corrected chi connectivity index (χ0v) is 16.8. The molecule has 1 aliphatic heterocycles. The van der Waals surface area contributed by atoms with E-state index in [-0.39, 0.29) is 34.8 Å². The van der Waals surface area contributed by atoms with Crippen LogP contribution < -0.4 is 10.6 Å². The Hall–Kier alpha value is -0.530. The molecule has 0 atom stereocenters. The van der Waals surface area contributed by atoms with Gasteiger partial charge in [-0.1, -0.05) is 30.7 Å². The number of halogens is 2. The number of aliphatic imine (C=N–C) groups is 1. The first-order valence-corrected chi connectivity index (χ1v) is 8.21. The summed E-state index contributed by atoms with van der Waals surface area (Å²) in [5.41, 5.74) is 1.77. The molecule has 1 aliphatic carbocycles. The minimum absolute atomic E-state index is 0. The smallest absolute Gasteiger partial charge is 0.191 e. The fraction of sp³-hybridized carbons (Fsp3) is 0.588. The monoisotopic (exact) mass is 449 g/mol. The fourth-order valence-electron chi connectivity index (χ4n) is 2.86. The maximum Gasteiger partial charge on any atom is 0.191 e. The summed E-state index contributed by atoms with van der Waals surface area (Å²) in [4.78, 5) is 4.32. The van der Waals surface area contributed by atoms with Crippen molar-refractivity contribution >= 4 is 41.5 Å². The molecule has 1 aromatic rings. The number of nitrogens with one attached hydrogen (secondary N) is 2. The van der Waals surface area contributed by atoms with Gasteiger partial charge in [0.15, 0.2) is 5.96 Å². The van der Waals surface area contributed by atoms with Crippen molar-refractivity contribution in [3.05, 3.63) is 34.9 Å². The van der Waals surface area contributed by atoms with Gasteiger partial charge in [0.2, 0.25) is 0 Å². The van der Waals surface area contributed by atoms with Crippen molar-refractivity contribution in [2.75, 3.05) is 33.4 Å². The molecule has 0 amide bonds. The van der Waals surface area contributed by atoms with Crippen LogP contribution >= 0.6 is 35.6 Å². The van der Waals surface area contributed by atoms with Crippen LogP contribution in [0.1, 0.15) is 25.3 Å². The Morgan fingerprint density at radius 3 is 2.48 bits per heavy atom. The highest BCUT2D eigenvalue weighted by molar-refractivity contribution is 14.0. The van der Waals surface area contributed by atoms with Crippen LogP contribution in [0.4, 0.5) is 0 Å². The van der Waals surface area contributed by atoms with Gasteiger partial charge >= 0.3 is 0 Å². The molecule has 4 nitrogen and oxygen atoms in total. The summed E-state index contributed by atoms with van der Waals surface area (Å²) in [7, 11) is 1.81. The molecule has 1 aromatic carbocycles. The van der Waals surface area contributed by atoms with Gasteiger partial charge in [0.05, 0.1) is 13.2 Å². The van der Waals surface area contributed by atoms with E-state index >= 15 is 0 Å². The van der Waals surface area contributed by atoms with Crippen LogP contribution in [0.25, 0.3) is 0 Å². The Morgan fingerprint density at radius 1 is 1.26 bits per heavy atom. The highest BCUT2D eigenvalue weighted by atomic mass is 127. The van der Waals surface area contributed by atoms with Crippen molar-refractivity contribution in [2.24, 2.45) is 10.4 Å². The zero-order chi connectivity index (χ0) is 15.6. The van der Waals surface area contributed by atoms with Crippen LogP contribution in [-0.4, -0.2) is 39.3 Å². The summed E-state index contributed by atoms with van der Waals surface area (Å²) in [6, 6.07) is 8.21. The summed E-state index contributed by atoms with van der Waals surface area (Å²) in [5.74, 6) is 0.862. The van der Waals surface area contributed by atoms with Gasteiger partial charge < -0.3 is 15.4 Å². The van der Waals surface area contributed by atoms with Crippen LogP contribution in [0.5, 0.6) is 0 Å². The summed E-state index contributed by atoms with van der Waals surface area (Å²) in [6.07, 6.45) is 2.39. The van der Waals surface area contributed by atoms with E-state index < -0.39 is 0 Å². The number of guanidine groups is 1. The lowest BCUT2D eigenvalue weighted by Crippen LogP contribution is -2.51. The van der Waals surface area contributed by atoms with Crippen LogP contribution in [-0.2, 0) is 10.2 Å². The van der Waals surface area contributed by atoms with E-state index in [0.29, 0.717) is 0 Å². The molecule has 2 N–H and O–H groups in total. The number of ether oxygens (including phenoxy) is 1. The van der Waals surface area contributed by atoms with Crippen LogP contribution in [0.3, 0.4) is 0 Å². The van der Waals surface area contributed by atoms with Gasteiger partial charge in [0.1, 0.15) is 0 Å². The van der Waals surface area contributed by atoms with E-state index in [1.54, 1.807) is 0 Å². The largest absolute Gasteiger partial charge is 0.380 e. The van der Waals surface area contributed by atoms with E-state index in [0.717, 1.165) is 37.3 Å². The zero-order valence-electron chi connectivity index (χ0n) is 13.7. The third kappa shape index (κ3) is 4.51. The molecule has 128 valence electrons. The van der Waals surface area contributed by atoms with Gasteiger partial charge in [-0.05, 0) is 30.5 Å². The fourth-order valence-corrected chi connectivity index (χ4v) is 3.05. The molecule has 2 fully saturated rings. The minimum Gasteiger partial charge on any atom is -0.380 e. The molecule has 0 aromatic heterocycles. The van der Waals surface area contributed by atoms with E-state index in [9.17, 15) is 0 Å². The maximum absolute atomic E-state index is 6.12. The van der Waals surface area contributed by atoms with Crippen LogP contribution in [0.2, 0.25) is 5.02 Å². The van der Waals surface area contributed by atoms with Crippen molar-refractivity contribution in [1.29, 1.82) is 0 Å². The topological polar surface area (TPSA) is 45.7 Å². The predicted molar refractivity (Wildman–Crippen MR) is 106 cm³/mol. The Bertz CT molecular complexity index is 571. The van der Waals surface area contributed by atoms with Crippen molar-refractivity contribution in [3.8, 4) is 0 Å². The van der Waals surface area contributed by atoms with Crippen molar-refractivity contribution < 1.29 is 4.74 Å². The normalized spacial score (nSPS) is 20.9. The first-order valence-electron chi connectivity index (χ1n) is 7.84. The van der Waals surface area contributed by atoms with Gasteiger partial charge in [-0.15, -0.1) is 24.0 Å². The summed E-state index contributed by atoms with van der Waals surface area (Å²) in [5, 5.41) is 7.68. The van der Waals surface area contributed by atoms with E-state index in [4.69, 9.17) is 16.3 Å². The lowest BCUT2D eigenvalue weighted by molar-refractivity contribution is -0.0971. The van der Waals surface area contributed by atoms with Crippen molar-refractivity contribution in [1.82, 2.24) is 10.6 Å². The SMILES string of the molecule is CN=C(NCC1(C)COC1)NCC1(c2cccc(Cl)c2)CC1.I. The number of nitrogens with zero attached hydrogens (tertiary/aromatic N) is 1. The van der Waals surface area contributed by atoms with Crippen molar-refractivity contribution in [2.45, 2.75) is 25.2 Å². The molecule has 23 heavy (non-hydrogen) atoms. The summed E-state index contributed by atoms with van der Waals surface area (Å²) >= 11 is 6.12. The molecule has 0 spiro atoms. The van der Waals surface area contributed by atoms with Crippen LogP contribution in [0.15, 0.2) is 29.3 Å². The summed E-state index contributed by atoms with van der Waals surface area (Å²) in [6.45, 7) is 5.65. The molecule has 2 aliphatic rings. The Labute approximate surface area is 160 Å². The van der Waals surface area contributed by atoms with Gasteiger partial charge in [0, 0.05) is 36.0 Å². The second-order valence-electron chi connectivity index (χ2n) is 6.87. The molecular formula is C17H25ClIN3O. The standard InChI is InChI=1S/C17H24ClN3O.HI/c1-16(11-22-12-16)9-20-15(19-2)21-10-17(6-7-17)13-4-3-5-14(18)8-13;/h3-5,8H,6-7,9-12H2,1-2H3,(H2,19,20,21);1H. The van der Waals surface area contributed by atoms with Crippen LogP contribution in [0, 0.1) is 5.41 Å². The maximum atomic E-state index is 6.12. The van der Waals surface area contributed by atoms with E-state index in [1.165, 1.54) is 18.4 Å². The molecule has 6 heteroatoms. The van der Waals surface area contributed by atoms with Gasteiger partial charge in [-0.2, -0.15) is 0 Å². The lowest BCUT2D eigenvalue weighted by atomic mass is 9.89. The van der Waals surface area contributed by atoms with Gasteiger partial charge in [-0.3, -0.25) is 4.99 Å². The third-order valence-electron chi connectivity index (χ3n) is 4.69. The molecule has 0 unspecified atom stereocenters. The first kappa shape index (κ1) is 18.8. The van der Waals surface area contributed by atoms with Gasteiger partial charge in [0.25, 0.3) is 0 Å². The second-order valence-corrected chi connectivity index (χ2v) is 7.31. The second kappa shape index (κ2) is 7.57. The van der Waals surface area contributed by atoms with Crippen molar-refractivity contribution in [3.63, 3.8) is 0 Å². The van der Waals surface area contributed by atoms with E-state index in [1.807, 2.05) is 19.2 Å². The predicted octanol–water partition coefficient (Wildman–Crippen LogP) is 3.19. The quantitative estimate of drug-likeness (QED) is 0.412. The molecule has 3 rings (SSSR count).